The van der Waals surface area contributed by atoms with Gasteiger partial charge in [0.15, 0.2) is 0 Å². The second-order valence-electron chi connectivity index (χ2n) is 4.02. The Labute approximate surface area is 80.8 Å². The molecule has 0 aliphatic carbocycles. The van der Waals surface area contributed by atoms with Crippen LogP contribution in [0.1, 0.15) is 20.8 Å². The summed E-state index contributed by atoms with van der Waals surface area (Å²) in [4.78, 5) is 0. The van der Waals surface area contributed by atoms with Crippen molar-refractivity contribution >= 4 is 0 Å². The average Bonchev–Trinajstić information content (AvgIpc) is 2.00. The van der Waals surface area contributed by atoms with Gasteiger partial charge in [-0.3, -0.25) is 0 Å². The lowest BCUT2D eigenvalue weighted by molar-refractivity contribution is -0.0476. The van der Waals surface area contributed by atoms with E-state index < -0.39 is 6.10 Å². The van der Waals surface area contributed by atoms with Crippen molar-refractivity contribution in [2.24, 2.45) is 0 Å². The van der Waals surface area contributed by atoms with Gasteiger partial charge in [-0.25, -0.2) is 0 Å². The van der Waals surface area contributed by atoms with E-state index >= 15 is 0 Å². The molecule has 1 atom stereocenters. The molecule has 0 saturated carbocycles. The molecule has 0 aliphatic heterocycles. The molecule has 0 aromatic heterocycles. The molecule has 0 aromatic carbocycles. The van der Waals surface area contributed by atoms with Crippen molar-refractivity contribution in [2.75, 3.05) is 19.7 Å². The number of hydrogen-bond donors (Lipinski definition) is 2. The number of aliphatic hydroxyl groups is 1. The number of nitrogens with one attached hydrogen (secondary N) is 1. The van der Waals surface area contributed by atoms with Gasteiger partial charge in [-0.05, 0) is 20.8 Å². The van der Waals surface area contributed by atoms with Crippen LogP contribution in [-0.2, 0) is 4.74 Å². The molecule has 0 radical (unpaired) electrons. The highest BCUT2D eigenvalue weighted by atomic mass is 16.5. The van der Waals surface area contributed by atoms with Crippen LogP contribution >= 0.6 is 0 Å². The minimum atomic E-state index is -0.445. The van der Waals surface area contributed by atoms with Crippen LogP contribution in [-0.4, -0.2) is 36.5 Å². The molecule has 0 bridgehead atoms. The van der Waals surface area contributed by atoms with Crippen LogP contribution in [0.25, 0.3) is 0 Å². The van der Waals surface area contributed by atoms with Gasteiger partial charge in [-0.2, -0.15) is 0 Å². The van der Waals surface area contributed by atoms with E-state index in [1.807, 2.05) is 20.8 Å². The zero-order valence-electron chi connectivity index (χ0n) is 8.84. The van der Waals surface area contributed by atoms with Crippen molar-refractivity contribution in [2.45, 2.75) is 32.5 Å². The summed E-state index contributed by atoms with van der Waals surface area (Å²) in [6.07, 6.45) is 1.32. The van der Waals surface area contributed by atoms with Crippen LogP contribution < -0.4 is 5.32 Å². The Bertz CT molecular complexity index is 140. The highest BCUT2D eigenvalue weighted by molar-refractivity contribution is 4.71. The summed E-state index contributed by atoms with van der Waals surface area (Å²) >= 11 is 0. The first-order chi connectivity index (χ1) is 5.95. The quantitative estimate of drug-likeness (QED) is 0.480. The third kappa shape index (κ3) is 9.53. The Hall–Kier alpha value is -0.380. The van der Waals surface area contributed by atoms with E-state index in [1.165, 1.54) is 0 Å². The maximum absolute atomic E-state index is 9.42. The number of ether oxygens (including phenoxy) is 1. The molecule has 2 N–H and O–H groups in total. The fourth-order valence-corrected chi connectivity index (χ4v) is 0.757. The Balaban J connectivity index is 3.40. The molecule has 0 spiro atoms. The molecule has 0 aliphatic rings. The summed E-state index contributed by atoms with van der Waals surface area (Å²) in [6.45, 7) is 11.1. The summed E-state index contributed by atoms with van der Waals surface area (Å²) in [6, 6.07) is 0. The van der Waals surface area contributed by atoms with E-state index in [0.29, 0.717) is 19.7 Å². The number of rotatable bonds is 6. The van der Waals surface area contributed by atoms with E-state index in [9.17, 15) is 5.11 Å². The lowest BCUT2D eigenvalue weighted by Crippen LogP contribution is -2.33. The van der Waals surface area contributed by atoms with Crippen molar-refractivity contribution in [3.05, 3.63) is 12.7 Å². The van der Waals surface area contributed by atoms with Crippen LogP contribution in [0.5, 0.6) is 0 Å². The fraction of sp³-hybridized carbons (Fsp3) is 0.800. The van der Waals surface area contributed by atoms with Gasteiger partial charge in [-0.1, -0.05) is 6.08 Å². The summed E-state index contributed by atoms with van der Waals surface area (Å²) < 4.78 is 5.41. The molecule has 0 heterocycles. The van der Waals surface area contributed by atoms with Gasteiger partial charge in [0.05, 0.1) is 18.3 Å². The highest BCUT2D eigenvalue weighted by Gasteiger charge is 2.12. The lowest BCUT2D eigenvalue weighted by atomic mass is 10.2. The van der Waals surface area contributed by atoms with Crippen LogP contribution in [0.15, 0.2) is 12.7 Å². The predicted molar refractivity (Wildman–Crippen MR) is 54.8 cm³/mol. The largest absolute Gasteiger partial charge is 0.389 e. The second-order valence-corrected chi connectivity index (χ2v) is 4.02. The Morgan fingerprint density at radius 3 is 2.62 bits per heavy atom. The summed E-state index contributed by atoms with van der Waals surface area (Å²) in [5.74, 6) is 0. The van der Waals surface area contributed by atoms with Crippen LogP contribution in [0, 0.1) is 0 Å². The number of aliphatic hydroxyl groups excluding tert-OH is 1. The van der Waals surface area contributed by atoms with Gasteiger partial charge in [-0.15, -0.1) is 6.58 Å². The van der Waals surface area contributed by atoms with Crippen molar-refractivity contribution in [3.63, 3.8) is 0 Å². The SMILES string of the molecule is C=CCNCC(O)COC(C)(C)C. The molecule has 3 heteroatoms. The number of hydrogen-bond acceptors (Lipinski definition) is 3. The van der Waals surface area contributed by atoms with E-state index in [0.717, 1.165) is 0 Å². The molecule has 0 fully saturated rings. The first-order valence-corrected chi connectivity index (χ1v) is 4.59. The maximum atomic E-state index is 9.42. The summed E-state index contributed by atoms with van der Waals surface area (Å²) in [5.41, 5.74) is -0.181. The highest BCUT2D eigenvalue weighted by Crippen LogP contribution is 2.06. The van der Waals surface area contributed by atoms with Crippen LogP contribution in [0.3, 0.4) is 0 Å². The molecular weight excluding hydrogens is 166 g/mol. The predicted octanol–water partition coefficient (Wildman–Crippen LogP) is 0.938. The molecule has 78 valence electrons. The molecule has 0 aromatic rings. The Morgan fingerprint density at radius 1 is 1.54 bits per heavy atom. The molecule has 0 rings (SSSR count). The fourth-order valence-electron chi connectivity index (χ4n) is 0.757. The first-order valence-electron chi connectivity index (χ1n) is 4.59. The van der Waals surface area contributed by atoms with E-state index in [1.54, 1.807) is 6.08 Å². The van der Waals surface area contributed by atoms with Gasteiger partial charge in [0.2, 0.25) is 0 Å². The minimum Gasteiger partial charge on any atom is -0.389 e. The smallest absolute Gasteiger partial charge is 0.0898 e. The monoisotopic (exact) mass is 187 g/mol. The summed E-state index contributed by atoms with van der Waals surface area (Å²) in [5, 5.41) is 12.4. The van der Waals surface area contributed by atoms with Crippen molar-refractivity contribution in [3.8, 4) is 0 Å². The van der Waals surface area contributed by atoms with Crippen molar-refractivity contribution < 1.29 is 9.84 Å². The van der Waals surface area contributed by atoms with Crippen molar-refractivity contribution in [1.82, 2.24) is 5.32 Å². The van der Waals surface area contributed by atoms with Gasteiger partial charge in [0, 0.05) is 13.1 Å². The normalized spacial score (nSPS) is 14.2. The van der Waals surface area contributed by atoms with Crippen molar-refractivity contribution in [1.29, 1.82) is 0 Å². The molecular formula is C10H21NO2. The molecule has 3 nitrogen and oxygen atoms in total. The van der Waals surface area contributed by atoms with E-state index in [4.69, 9.17) is 4.74 Å². The zero-order chi connectivity index (χ0) is 10.3. The Kier molecular flexibility index (Phi) is 5.95. The first kappa shape index (κ1) is 12.6. The third-order valence-corrected chi connectivity index (χ3v) is 1.38. The minimum absolute atomic E-state index is 0.181. The van der Waals surface area contributed by atoms with E-state index in [-0.39, 0.29) is 5.60 Å². The zero-order valence-corrected chi connectivity index (χ0v) is 8.84. The molecule has 13 heavy (non-hydrogen) atoms. The molecule has 0 amide bonds. The van der Waals surface area contributed by atoms with Crippen LogP contribution in [0.2, 0.25) is 0 Å². The Morgan fingerprint density at radius 2 is 2.15 bits per heavy atom. The van der Waals surface area contributed by atoms with E-state index in [2.05, 4.69) is 11.9 Å². The lowest BCUT2D eigenvalue weighted by Gasteiger charge is -2.21. The third-order valence-electron chi connectivity index (χ3n) is 1.38. The topological polar surface area (TPSA) is 41.5 Å². The van der Waals surface area contributed by atoms with Gasteiger partial charge in [0.25, 0.3) is 0 Å². The molecule has 1 unspecified atom stereocenters. The van der Waals surface area contributed by atoms with Crippen LogP contribution in [0.4, 0.5) is 0 Å². The van der Waals surface area contributed by atoms with Gasteiger partial charge in [0.1, 0.15) is 0 Å². The standard InChI is InChI=1S/C10H21NO2/c1-5-6-11-7-9(12)8-13-10(2,3)4/h5,9,11-12H,1,6-8H2,2-4H3. The summed E-state index contributed by atoms with van der Waals surface area (Å²) in [7, 11) is 0. The molecule has 0 saturated heterocycles. The van der Waals surface area contributed by atoms with Gasteiger partial charge < -0.3 is 15.2 Å². The van der Waals surface area contributed by atoms with Gasteiger partial charge >= 0.3 is 0 Å². The average molecular weight is 187 g/mol. The maximum Gasteiger partial charge on any atom is 0.0898 e. The second kappa shape index (κ2) is 6.13.